The van der Waals surface area contributed by atoms with Gasteiger partial charge < -0.3 is 13.7 Å². The van der Waals surface area contributed by atoms with Gasteiger partial charge in [0.2, 0.25) is 0 Å². The second-order valence-electron chi connectivity index (χ2n) is 19.1. The lowest BCUT2D eigenvalue weighted by Gasteiger charge is -2.34. The summed E-state index contributed by atoms with van der Waals surface area (Å²) in [6.45, 7) is 0. The van der Waals surface area contributed by atoms with Crippen LogP contribution in [0.5, 0.6) is 0 Å². The summed E-state index contributed by atoms with van der Waals surface area (Å²) in [5.74, 6) is 0. The third-order valence-electron chi connectivity index (χ3n) is 15.4. The molecule has 14 aromatic rings. The quantitative estimate of drug-likeness (QED) is 0.160. The highest BCUT2D eigenvalue weighted by molar-refractivity contribution is 6.18. The average Bonchev–Trinajstić information content (AvgIpc) is 4.14. The van der Waals surface area contributed by atoms with E-state index in [0.29, 0.717) is 0 Å². The van der Waals surface area contributed by atoms with Gasteiger partial charge in [0.25, 0.3) is 0 Å². The van der Waals surface area contributed by atoms with Crippen LogP contribution in [0.25, 0.3) is 98.8 Å². The first-order valence-corrected chi connectivity index (χ1v) is 24.7. The minimum atomic E-state index is -0.545. The van der Waals surface area contributed by atoms with Crippen LogP contribution in [0.4, 0.5) is 17.1 Å². The van der Waals surface area contributed by atoms with Crippen LogP contribution in [0.15, 0.2) is 270 Å². The highest BCUT2D eigenvalue weighted by atomic mass is 16.3. The number of nitrogens with zero attached hydrogens (tertiary/aromatic N) is 1. The van der Waals surface area contributed by atoms with Crippen molar-refractivity contribution in [2.45, 2.75) is 5.41 Å². The van der Waals surface area contributed by atoms with Crippen LogP contribution in [0.2, 0.25) is 0 Å². The molecule has 3 nitrogen and oxygen atoms in total. The van der Waals surface area contributed by atoms with Gasteiger partial charge in [0.05, 0.1) is 11.1 Å². The topological polar surface area (TPSA) is 29.5 Å². The molecule has 15 rings (SSSR count). The van der Waals surface area contributed by atoms with Crippen LogP contribution >= 0.6 is 0 Å². The normalized spacial score (nSPS) is 12.8. The SMILES string of the molecule is c1ccc(C2(c3ccccc3)c3ccccc3-c3c(N(c4ccc(-c5cccc6c5oc5c7ccccc7ccc65)cc4)c4ccc(-c5cccc6c5oc5c7ccccc7ccc65)cc4)cccc32)cc1. The average molecular weight is 918 g/mol. The molecule has 1 aliphatic carbocycles. The number of para-hydroxylation sites is 2. The predicted octanol–water partition coefficient (Wildman–Crippen LogP) is 19.0. The van der Waals surface area contributed by atoms with Gasteiger partial charge in [-0.25, -0.2) is 0 Å². The minimum Gasteiger partial charge on any atom is -0.455 e. The number of rotatable bonds is 7. The van der Waals surface area contributed by atoms with Crippen molar-refractivity contribution in [3.63, 3.8) is 0 Å². The summed E-state index contributed by atoms with van der Waals surface area (Å²) in [5, 5.41) is 9.07. The largest absolute Gasteiger partial charge is 0.455 e. The lowest BCUT2D eigenvalue weighted by atomic mass is 9.68. The van der Waals surface area contributed by atoms with E-state index in [1.807, 2.05) is 0 Å². The van der Waals surface area contributed by atoms with Gasteiger partial charge in [0, 0.05) is 60.4 Å². The molecular weight excluding hydrogens is 875 g/mol. The third kappa shape index (κ3) is 5.85. The Labute approximate surface area is 416 Å². The Kier molecular flexibility index (Phi) is 8.87. The van der Waals surface area contributed by atoms with Crippen molar-refractivity contribution in [3.05, 3.63) is 283 Å². The van der Waals surface area contributed by atoms with E-state index in [2.05, 4.69) is 266 Å². The fourth-order valence-electron chi connectivity index (χ4n) is 12.2. The summed E-state index contributed by atoms with van der Waals surface area (Å²) in [4.78, 5) is 2.44. The molecule has 0 saturated carbocycles. The summed E-state index contributed by atoms with van der Waals surface area (Å²) in [7, 11) is 0. The maximum atomic E-state index is 6.84. The van der Waals surface area contributed by atoms with E-state index in [4.69, 9.17) is 8.83 Å². The Morgan fingerprint density at radius 1 is 0.278 bits per heavy atom. The first-order chi connectivity index (χ1) is 35.7. The molecule has 0 radical (unpaired) electrons. The molecule has 0 atom stereocenters. The Morgan fingerprint density at radius 2 is 0.694 bits per heavy atom. The van der Waals surface area contributed by atoms with E-state index in [1.54, 1.807) is 0 Å². The van der Waals surface area contributed by atoms with Gasteiger partial charge in [-0.15, -0.1) is 0 Å². The monoisotopic (exact) mass is 917 g/mol. The number of hydrogen-bond donors (Lipinski definition) is 0. The molecule has 336 valence electrons. The van der Waals surface area contributed by atoms with Gasteiger partial charge in [-0.1, -0.05) is 218 Å². The molecule has 72 heavy (non-hydrogen) atoms. The molecule has 0 saturated heterocycles. The molecular formula is C69H43NO2. The molecule has 0 aliphatic heterocycles. The van der Waals surface area contributed by atoms with Gasteiger partial charge in [0.15, 0.2) is 0 Å². The first-order valence-electron chi connectivity index (χ1n) is 24.7. The third-order valence-corrected chi connectivity index (χ3v) is 15.4. The second kappa shape index (κ2) is 15.8. The van der Waals surface area contributed by atoms with E-state index >= 15 is 0 Å². The Hall–Kier alpha value is -9.44. The number of anilines is 3. The van der Waals surface area contributed by atoms with Gasteiger partial charge in [0.1, 0.15) is 22.3 Å². The van der Waals surface area contributed by atoms with Crippen molar-refractivity contribution in [2.24, 2.45) is 0 Å². The van der Waals surface area contributed by atoms with Crippen molar-refractivity contribution in [1.29, 1.82) is 0 Å². The van der Waals surface area contributed by atoms with Crippen LogP contribution in [-0.4, -0.2) is 0 Å². The first kappa shape index (κ1) is 40.4. The van der Waals surface area contributed by atoms with Crippen LogP contribution in [0, 0.1) is 0 Å². The lowest BCUT2D eigenvalue weighted by Crippen LogP contribution is -2.28. The van der Waals surface area contributed by atoms with Crippen molar-refractivity contribution in [3.8, 4) is 33.4 Å². The van der Waals surface area contributed by atoms with E-state index in [-0.39, 0.29) is 0 Å². The standard InChI is InChI=1S/C69H43NO2/c1-3-18-48(19-4-1)69(49-20-5-2-6-21-49)61-29-12-11-24-60(61)64-62(69)30-15-31-63(64)70(50-38-32-46(33-39-50)54-25-13-27-56-58-42-36-44-16-7-9-22-52(44)67(58)71-65(54)56)51-40-34-47(35-41-51)55-26-14-28-57-59-43-37-45-17-8-10-23-53(45)68(59)72-66(55)57/h1-43H. The zero-order chi connectivity index (χ0) is 47.3. The minimum absolute atomic E-state index is 0.545. The van der Waals surface area contributed by atoms with Crippen LogP contribution in [0.3, 0.4) is 0 Å². The van der Waals surface area contributed by atoms with E-state index in [1.165, 1.54) is 44.2 Å². The highest BCUT2D eigenvalue weighted by Gasteiger charge is 2.47. The molecule has 0 fully saturated rings. The van der Waals surface area contributed by atoms with Crippen molar-refractivity contribution in [1.82, 2.24) is 0 Å². The fraction of sp³-hybridized carbons (Fsp3) is 0.0145. The zero-order valence-corrected chi connectivity index (χ0v) is 39.1. The van der Waals surface area contributed by atoms with Crippen LogP contribution in [-0.2, 0) is 5.41 Å². The molecule has 1 aliphatic rings. The summed E-state index contributed by atoms with van der Waals surface area (Å²) in [6.07, 6.45) is 0. The summed E-state index contributed by atoms with van der Waals surface area (Å²) < 4.78 is 13.7. The fourth-order valence-corrected chi connectivity index (χ4v) is 12.2. The van der Waals surface area contributed by atoms with Gasteiger partial charge in [-0.05, 0) is 92.2 Å². The number of fused-ring (bicyclic) bond motifs is 13. The predicted molar refractivity (Wildman–Crippen MR) is 299 cm³/mol. The summed E-state index contributed by atoms with van der Waals surface area (Å²) in [6, 6.07) is 94.7. The Morgan fingerprint density at radius 3 is 1.24 bits per heavy atom. The number of benzene rings is 12. The highest BCUT2D eigenvalue weighted by Crippen LogP contribution is 2.59. The summed E-state index contributed by atoms with van der Waals surface area (Å²) in [5.41, 5.74) is 18.0. The maximum Gasteiger partial charge on any atom is 0.143 e. The maximum absolute atomic E-state index is 6.84. The molecule has 12 aromatic carbocycles. The molecule has 0 unspecified atom stereocenters. The Bertz CT molecular complexity index is 4200. The van der Waals surface area contributed by atoms with E-state index in [9.17, 15) is 0 Å². The molecule has 2 aromatic heterocycles. The van der Waals surface area contributed by atoms with Gasteiger partial charge in [-0.3, -0.25) is 0 Å². The molecule has 0 spiro atoms. The van der Waals surface area contributed by atoms with Crippen molar-refractivity contribution in [2.75, 3.05) is 4.90 Å². The molecule has 0 bridgehead atoms. The molecule has 0 amide bonds. The van der Waals surface area contributed by atoms with Crippen LogP contribution < -0.4 is 4.90 Å². The van der Waals surface area contributed by atoms with Gasteiger partial charge >= 0.3 is 0 Å². The van der Waals surface area contributed by atoms with Crippen molar-refractivity contribution >= 4 is 82.5 Å². The molecule has 0 N–H and O–H groups in total. The zero-order valence-electron chi connectivity index (χ0n) is 39.1. The van der Waals surface area contributed by atoms with E-state index in [0.717, 1.165) is 94.0 Å². The van der Waals surface area contributed by atoms with Crippen molar-refractivity contribution < 1.29 is 8.83 Å². The van der Waals surface area contributed by atoms with Crippen LogP contribution in [0.1, 0.15) is 22.3 Å². The number of hydrogen-bond acceptors (Lipinski definition) is 3. The second-order valence-corrected chi connectivity index (χ2v) is 19.1. The smallest absolute Gasteiger partial charge is 0.143 e. The molecule has 2 heterocycles. The Balaban J connectivity index is 0.924. The number of furan rings is 2. The van der Waals surface area contributed by atoms with E-state index < -0.39 is 5.41 Å². The lowest BCUT2D eigenvalue weighted by molar-refractivity contribution is 0.673. The molecule has 3 heteroatoms. The van der Waals surface area contributed by atoms with Gasteiger partial charge in [-0.2, -0.15) is 0 Å². The summed E-state index contributed by atoms with van der Waals surface area (Å²) >= 11 is 0.